The normalized spacial score (nSPS) is 12.1. The lowest BCUT2D eigenvalue weighted by Crippen LogP contribution is -2.01. The van der Waals surface area contributed by atoms with Crippen LogP contribution in [0.4, 0.5) is 0 Å². The van der Waals surface area contributed by atoms with E-state index in [2.05, 4.69) is 69.3 Å². The van der Waals surface area contributed by atoms with Crippen LogP contribution in [0.2, 0.25) is 0 Å². The van der Waals surface area contributed by atoms with E-state index in [9.17, 15) is 0 Å². The molecule has 27 heavy (non-hydrogen) atoms. The van der Waals surface area contributed by atoms with Crippen molar-refractivity contribution in [1.29, 1.82) is 0 Å². The summed E-state index contributed by atoms with van der Waals surface area (Å²) < 4.78 is 11.7. The lowest BCUT2D eigenvalue weighted by Gasteiger charge is -2.14. The van der Waals surface area contributed by atoms with Gasteiger partial charge in [-0.15, -0.1) is 0 Å². The average molecular weight is 369 g/mol. The molecule has 0 N–H and O–H groups in total. The van der Waals surface area contributed by atoms with Crippen LogP contribution in [-0.2, 0) is 4.74 Å². The standard InChI is InChI=1S/C25H36O2/c1-4-6-8-9-10-20-27-25-17-15-24(16-18-25)23-13-11-22(12-14-23)21(3)26-19-7-5-2/h11-18,21H,4-10,19-20H2,1-3H3. The summed E-state index contributed by atoms with van der Waals surface area (Å²) in [6, 6.07) is 17.1. The zero-order chi connectivity index (χ0) is 19.3. The number of benzene rings is 2. The van der Waals surface area contributed by atoms with E-state index in [0.29, 0.717) is 0 Å². The van der Waals surface area contributed by atoms with E-state index in [1.54, 1.807) is 0 Å². The molecule has 0 bridgehead atoms. The zero-order valence-electron chi connectivity index (χ0n) is 17.4. The average Bonchev–Trinajstić information content (AvgIpc) is 2.71. The lowest BCUT2D eigenvalue weighted by atomic mass is 10.0. The van der Waals surface area contributed by atoms with Gasteiger partial charge in [-0.1, -0.05) is 82.3 Å². The molecule has 0 saturated heterocycles. The summed E-state index contributed by atoms with van der Waals surface area (Å²) in [4.78, 5) is 0. The van der Waals surface area contributed by atoms with Crippen LogP contribution in [0, 0.1) is 0 Å². The fourth-order valence-corrected chi connectivity index (χ4v) is 3.09. The maximum Gasteiger partial charge on any atom is 0.119 e. The van der Waals surface area contributed by atoms with E-state index in [-0.39, 0.29) is 6.10 Å². The Balaban J connectivity index is 1.82. The van der Waals surface area contributed by atoms with E-state index in [4.69, 9.17) is 9.47 Å². The van der Waals surface area contributed by atoms with Crippen molar-refractivity contribution in [1.82, 2.24) is 0 Å². The van der Waals surface area contributed by atoms with Gasteiger partial charge in [0.05, 0.1) is 12.7 Å². The van der Waals surface area contributed by atoms with Gasteiger partial charge >= 0.3 is 0 Å². The molecule has 0 aliphatic rings. The predicted molar refractivity (Wildman–Crippen MR) is 115 cm³/mol. The van der Waals surface area contributed by atoms with Crippen molar-refractivity contribution < 1.29 is 9.47 Å². The van der Waals surface area contributed by atoms with E-state index >= 15 is 0 Å². The molecule has 1 atom stereocenters. The maximum absolute atomic E-state index is 5.88. The summed E-state index contributed by atoms with van der Waals surface area (Å²) in [6.45, 7) is 8.20. The zero-order valence-corrected chi connectivity index (χ0v) is 17.4. The molecule has 0 aromatic heterocycles. The first kappa shape index (κ1) is 21.5. The van der Waals surface area contributed by atoms with Crippen molar-refractivity contribution in [2.75, 3.05) is 13.2 Å². The van der Waals surface area contributed by atoms with E-state index in [1.165, 1.54) is 48.8 Å². The second kappa shape index (κ2) is 12.6. The van der Waals surface area contributed by atoms with Gasteiger partial charge in [-0.3, -0.25) is 0 Å². The van der Waals surface area contributed by atoms with Gasteiger partial charge in [-0.05, 0) is 48.6 Å². The third-order valence-electron chi connectivity index (χ3n) is 4.95. The van der Waals surface area contributed by atoms with Crippen molar-refractivity contribution in [2.24, 2.45) is 0 Å². The van der Waals surface area contributed by atoms with E-state index in [0.717, 1.165) is 31.8 Å². The summed E-state index contributed by atoms with van der Waals surface area (Å²) >= 11 is 0. The molecule has 2 nitrogen and oxygen atoms in total. The van der Waals surface area contributed by atoms with Gasteiger partial charge < -0.3 is 9.47 Å². The van der Waals surface area contributed by atoms with Crippen molar-refractivity contribution in [2.45, 2.75) is 71.8 Å². The minimum Gasteiger partial charge on any atom is -0.494 e. The van der Waals surface area contributed by atoms with Gasteiger partial charge in [0.15, 0.2) is 0 Å². The van der Waals surface area contributed by atoms with Crippen molar-refractivity contribution >= 4 is 0 Å². The highest BCUT2D eigenvalue weighted by atomic mass is 16.5. The third-order valence-corrected chi connectivity index (χ3v) is 4.95. The Morgan fingerprint density at radius 2 is 1.26 bits per heavy atom. The Morgan fingerprint density at radius 1 is 0.667 bits per heavy atom. The minimum absolute atomic E-state index is 0.152. The SMILES string of the molecule is CCCCCCCOc1ccc(-c2ccc(C(C)OCCCC)cc2)cc1. The molecule has 2 aromatic carbocycles. The highest BCUT2D eigenvalue weighted by Crippen LogP contribution is 2.25. The van der Waals surface area contributed by atoms with Crippen LogP contribution in [0.3, 0.4) is 0 Å². The van der Waals surface area contributed by atoms with Gasteiger partial charge in [0.25, 0.3) is 0 Å². The monoisotopic (exact) mass is 368 g/mol. The van der Waals surface area contributed by atoms with Crippen LogP contribution < -0.4 is 4.74 Å². The molecular weight excluding hydrogens is 332 g/mol. The summed E-state index contributed by atoms with van der Waals surface area (Å²) in [5.41, 5.74) is 3.68. The van der Waals surface area contributed by atoms with Crippen LogP contribution in [0.5, 0.6) is 5.75 Å². The Morgan fingerprint density at radius 3 is 1.89 bits per heavy atom. The number of rotatable bonds is 13. The molecule has 0 heterocycles. The molecule has 2 rings (SSSR count). The smallest absolute Gasteiger partial charge is 0.119 e. The number of hydrogen-bond donors (Lipinski definition) is 0. The summed E-state index contributed by atoms with van der Waals surface area (Å²) in [7, 11) is 0. The van der Waals surface area contributed by atoms with E-state index < -0.39 is 0 Å². The second-order valence-corrected chi connectivity index (χ2v) is 7.28. The van der Waals surface area contributed by atoms with Crippen LogP contribution >= 0.6 is 0 Å². The topological polar surface area (TPSA) is 18.5 Å². The second-order valence-electron chi connectivity index (χ2n) is 7.28. The van der Waals surface area contributed by atoms with Crippen LogP contribution in [0.15, 0.2) is 48.5 Å². The van der Waals surface area contributed by atoms with Crippen LogP contribution in [0.25, 0.3) is 11.1 Å². The third kappa shape index (κ3) is 7.76. The molecule has 0 amide bonds. The molecule has 0 saturated carbocycles. The Hall–Kier alpha value is -1.80. The highest BCUT2D eigenvalue weighted by Gasteiger charge is 2.06. The number of ether oxygens (including phenoxy) is 2. The van der Waals surface area contributed by atoms with Crippen molar-refractivity contribution in [3.05, 3.63) is 54.1 Å². The molecule has 2 aromatic rings. The molecule has 0 aliphatic heterocycles. The largest absolute Gasteiger partial charge is 0.494 e. The van der Waals surface area contributed by atoms with E-state index in [1.807, 2.05) is 0 Å². The summed E-state index contributed by atoms with van der Waals surface area (Å²) in [5, 5.41) is 0. The van der Waals surface area contributed by atoms with Crippen LogP contribution in [0.1, 0.15) is 77.4 Å². The Kier molecular flexibility index (Phi) is 10.0. The predicted octanol–water partition coefficient (Wildman–Crippen LogP) is 7.58. The summed E-state index contributed by atoms with van der Waals surface area (Å²) in [6.07, 6.45) is 8.78. The maximum atomic E-state index is 5.88. The molecular formula is C25H36O2. The number of hydrogen-bond acceptors (Lipinski definition) is 2. The van der Waals surface area contributed by atoms with Gasteiger partial charge in [-0.25, -0.2) is 0 Å². The molecule has 148 valence electrons. The fraction of sp³-hybridized carbons (Fsp3) is 0.520. The van der Waals surface area contributed by atoms with Crippen LogP contribution in [-0.4, -0.2) is 13.2 Å². The molecule has 1 unspecified atom stereocenters. The summed E-state index contributed by atoms with van der Waals surface area (Å²) in [5.74, 6) is 0.962. The first-order valence-corrected chi connectivity index (χ1v) is 10.7. The fourth-order valence-electron chi connectivity index (χ4n) is 3.09. The number of unbranched alkanes of at least 4 members (excludes halogenated alkanes) is 5. The first-order valence-electron chi connectivity index (χ1n) is 10.7. The van der Waals surface area contributed by atoms with Crippen molar-refractivity contribution in [3.8, 4) is 16.9 Å². The first-order chi connectivity index (χ1) is 13.2. The van der Waals surface area contributed by atoms with Gasteiger partial charge in [0.2, 0.25) is 0 Å². The molecule has 0 fully saturated rings. The lowest BCUT2D eigenvalue weighted by molar-refractivity contribution is 0.0637. The highest BCUT2D eigenvalue weighted by molar-refractivity contribution is 5.64. The molecule has 0 radical (unpaired) electrons. The van der Waals surface area contributed by atoms with Gasteiger partial charge in [-0.2, -0.15) is 0 Å². The Bertz CT molecular complexity index is 616. The van der Waals surface area contributed by atoms with Gasteiger partial charge in [0.1, 0.15) is 5.75 Å². The van der Waals surface area contributed by atoms with Gasteiger partial charge in [0, 0.05) is 6.61 Å². The molecule has 2 heteroatoms. The molecule has 0 spiro atoms. The Labute approximate surface area is 165 Å². The quantitative estimate of drug-likeness (QED) is 0.339. The molecule has 0 aliphatic carbocycles. The van der Waals surface area contributed by atoms with Crippen molar-refractivity contribution in [3.63, 3.8) is 0 Å². The minimum atomic E-state index is 0.152.